The second-order valence-electron chi connectivity index (χ2n) is 10.0. The molecule has 166 valence electrons. The van der Waals surface area contributed by atoms with Crippen LogP contribution in [0.4, 0.5) is 5.82 Å². The maximum atomic E-state index is 9.84. The predicted molar refractivity (Wildman–Crippen MR) is 123 cm³/mol. The first kappa shape index (κ1) is 20.9. The van der Waals surface area contributed by atoms with Crippen molar-refractivity contribution in [2.75, 3.05) is 11.9 Å². The van der Waals surface area contributed by atoms with E-state index in [9.17, 15) is 5.21 Å². The van der Waals surface area contributed by atoms with E-state index in [2.05, 4.69) is 40.8 Å². The first-order valence-corrected chi connectivity index (χ1v) is 12.0. The number of aryl methyl sites for hydroxylation is 2. The fourth-order valence-corrected chi connectivity index (χ4v) is 7.28. The molecule has 5 rings (SSSR count). The van der Waals surface area contributed by atoms with Crippen LogP contribution in [-0.4, -0.2) is 22.6 Å². The second-order valence-corrected chi connectivity index (χ2v) is 10.5. The topological polar surface area (TPSA) is 70.7 Å². The Morgan fingerprint density at radius 2 is 2.19 bits per heavy atom. The summed E-state index contributed by atoms with van der Waals surface area (Å²) >= 11 is 6.28. The molecule has 1 aromatic carbocycles. The van der Waals surface area contributed by atoms with Crippen LogP contribution in [0.1, 0.15) is 68.3 Å². The van der Waals surface area contributed by atoms with Crippen molar-refractivity contribution in [3.63, 3.8) is 0 Å². The smallest absolute Gasteiger partial charge is 0.169 e. The molecule has 0 bridgehead atoms. The van der Waals surface area contributed by atoms with E-state index in [1.165, 1.54) is 24.0 Å². The predicted octanol–water partition coefficient (Wildman–Crippen LogP) is 6.44. The molecule has 3 aliphatic carbocycles. The average molecular weight is 442 g/mol. The van der Waals surface area contributed by atoms with E-state index in [4.69, 9.17) is 16.1 Å². The SMILES string of the molecule is Cc1cc(NCCC[C@@H]2C/C(=N\O)[C@@]3(C)CCC4c5ccc(Cl)cc5CCC4C23)no1. The number of nitrogens with one attached hydrogen (secondary N) is 1. The Morgan fingerprint density at radius 1 is 1.32 bits per heavy atom. The van der Waals surface area contributed by atoms with Gasteiger partial charge in [-0.1, -0.05) is 34.9 Å². The molecule has 31 heavy (non-hydrogen) atoms. The van der Waals surface area contributed by atoms with Gasteiger partial charge in [0.05, 0.1) is 5.71 Å². The van der Waals surface area contributed by atoms with Gasteiger partial charge in [-0.05, 0) is 98.8 Å². The number of aromatic nitrogens is 1. The Kier molecular flexibility index (Phi) is 5.49. The van der Waals surface area contributed by atoms with E-state index in [-0.39, 0.29) is 5.41 Å². The Bertz CT molecular complexity index is 987. The van der Waals surface area contributed by atoms with Crippen LogP contribution in [0.15, 0.2) is 33.9 Å². The summed E-state index contributed by atoms with van der Waals surface area (Å²) in [5.74, 6) is 4.05. The van der Waals surface area contributed by atoms with Crippen LogP contribution in [0.2, 0.25) is 5.02 Å². The zero-order valence-corrected chi connectivity index (χ0v) is 19.2. The van der Waals surface area contributed by atoms with Crippen LogP contribution >= 0.6 is 11.6 Å². The maximum absolute atomic E-state index is 9.84. The van der Waals surface area contributed by atoms with E-state index in [1.807, 2.05) is 13.0 Å². The van der Waals surface area contributed by atoms with Gasteiger partial charge in [0, 0.05) is 23.0 Å². The molecule has 0 spiro atoms. The lowest BCUT2D eigenvalue weighted by Crippen LogP contribution is -2.44. The van der Waals surface area contributed by atoms with Crippen LogP contribution in [0.25, 0.3) is 0 Å². The van der Waals surface area contributed by atoms with Crippen LogP contribution in [-0.2, 0) is 6.42 Å². The summed E-state index contributed by atoms with van der Waals surface area (Å²) in [7, 11) is 0. The quantitative estimate of drug-likeness (QED) is 0.318. The molecule has 2 N–H and O–H groups in total. The number of benzene rings is 1. The minimum Gasteiger partial charge on any atom is -0.411 e. The Morgan fingerprint density at radius 3 is 2.97 bits per heavy atom. The van der Waals surface area contributed by atoms with Crippen molar-refractivity contribution in [3.05, 3.63) is 46.2 Å². The highest BCUT2D eigenvalue weighted by atomic mass is 35.5. The lowest BCUT2D eigenvalue weighted by Gasteiger charge is -2.50. The first-order valence-electron chi connectivity index (χ1n) is 11.7. The zero-order chi connectivity index (χ0) is 21.6. The van der Waals surface area contributed by atoms with E-state index in [0.29, 0.717) is 23.7 Å². The molecule has 0 aliphatic heterocycles. The Hall–Kier alpha value is -2.01. The highest BCUT2D eigenvalue weighted by Crippen LogP contribution is 2.62. The van der Waals surface area contributed by atoms with Gasteiger partial charge in [0.25, 0.3) is 0 Å². The number of hydrogen-bond acceptors (Lipinski definition) is 5. The van der Waals surface area contributed by atoms with Gasteiger partial charge in [-0.3, -0.25) is 0 Å². The monoisotopic (exact) mass is 441 g/mol. The molecule has 2 saturated carbocycles. The summed E-state index contributed by atoms with van der Waals surface area (Å²) in [4.78, 5) is 0. The molecule has 5 atom stereocenters. The third kappa shape index (κ3) is 3.65. The summed E-state index contributed by atoms with van der Waals surface area (Å²) < 4.78 is 5.14. The van der Waals surface area contributed by atoms with Crippen molar-refractivity contribution in [1.29, 1.82) is 0 Å². The number of fused-ring (bicyclic) bond motifs is 5. The van der Waals surface area contributed by atoms with Crippen molar-refractivity contribution in [1.82, 2.24) is 5.16 Å². The summed E-state index contributed by atoms with van der Waals surface area (Å²) in [5, 5.41) is 21.9. The van der Waals surface area contributed by atoms with Gasteiger partial charge in [0.2, 0.25) is 0 Å². The standard InChI is InChI=1S/C25H32ClN3O2/c1-15-12-23(29-31-15)27-11-3-4-17-14-22(28-30)25(2)10-9-20-19-8-6-18(26)13-16(19)5-7-21(20)24(17)25/h6,8,12-13,17,20-21,24,30H,3-5,7,9-11,14H2,1-2H3,(H,27,29)/b28-22+/t17-,20?,21?,24?,25-/m1/s1. The third-order valence-electron chi connectivity index (χ3n) is 8.37. The van der Waals surface area contributed by atoms with Crippen LogP contribution in [0.5, 0.6) is 0 Å². The van der Waals surface area contributed by atoms with E-state index < -0.39 is 0 Å². The molecule has 2 fully saturated rings. The molecule has 1 heterocycles. The van der Waals surface area contributed by atoms with Crippen molar-refractivity contribution >= 4 is 23.1 Å². The number of nitrogens with zero attached hydrogens (tertiary/aromatic N) is 2. The maximum Gasteiger partial charge on any atom is 0.169 e. The van der Waals surface area contributed by atoms with Gasteiger partial charge >= 0.3 is 0 Å². The van der Waals surface area contributed by atoms with E-state index >= 15 is 0 Å². The van der Waals surface area contributed by atoms with Gasteiger partial charge < -0.3 is 15.0 Å². The van der Waals surface area contributed by atoms with Crippen molar-refractivity contribution < 1.29 is 9.73 Å². The Labute approximate surface area is 189 Å². The molecule has 5 nitrogen and oxygen atoms in total. The first-order chi connectivity index (χ1) is 15.0. The number of oxime groups is 1. The summed E-state index contributed by atoms with van der Waals surface area (Å²) in [5.41, 5.74) is 4.01. The lowest BCUT2D eigenvalue weighted by molar-refractivity contribution is 0.0559. The average Bonchev–Trinajstić information content (AvgIpc) is 3.30. The highest BCUT2D eigenvalue weighted by molar-refractivity contribution is 6.30. The van der Waals surface area contributed by atoms with Crippen LogP contribution < -0.4 is 5.32 Å². The lowest BCUT2D eigenvalue weighted by atomic mass is 9.54. The molecule has 1 aromatic heterocycles. The Balaban J connectivity index is 1.33. The number of anilines is 1. The summed E-state index contributed by atoms with van der Waals surface area (Å²) in [6.45, 7) is 5.15. The minimum absolute atomic E-state index is 0.0289. The third-order valence-corrected chi connectivity index (χ3v) is 8.60. The highest BCUT2D eigenvalue weighted by Gasteiger charge is 2.57. The molecule has 3 unspecified atom stereocenters. The van der Waals surface area contributed by atoms with Gasteiger partial charge in [-0.25, -0.2) is 0 Å². The minimum atomic E-state index is 0.0289. The molecule has 6 heteroatoms. The van der Waals surface area contributed by atoms with Gasteiger partial charge in [0.1, 0.15) is 5.76 Å². The molecular formula is C25H32ClN3O2. The summed E-state index contributed by atoms with van der Waals surface area (Å²) in [6.07, 6.45) is 7.74. The summed E-state index contributed by atoms with van der Waals surface area (Å²) in [6, 6.07) is 8.43. The fraction of sp³-hybridized carbons (Fsp3) is 0.600. The fourth-order valence-electron chi connectivity index (χ4n) is 7.08. The van der Waals surface area contributed by atoms with E-state index in [1.54, 1.807) is 0 Å². The van der Waals surface area contributed by atoms with Crippen LogP contribution in [0, 0.1) is 30.1 Å². The van der Waals surface area contributed by atoms with Gasteiger partial charge in [-0.2, -0.15) is 0 Å². The number of halogens is 1. The number of hydrogen-bond donors (Lipinski definition) is 2. The molecule has 2 aromatic rings. The molecule has 0 radical (unpaired) electrons. The van der Waals surface area contributed by atoms with Crippen LogP contribution in [0.3, 0.4) is 0 Å². The van der Waals surface area contributed by atoms with Gasteiger partial charge in [-0.15, -0.1) is 0 Å². The van der Waals surface area contributed by atoms with Crippen molar-refractivity contribution in [3.8, 4) is 0 Å². The molecule has 0 saturated heterocycles. The molecule has 3 aliphatic rings. The second kappa shape index (κ2) is 8.16. The normalized spacial score (nSPS) is 33.1. The molecule has 0 amide bonds. The van der Waals surface area contributed by atoms with Crippen molar-refractivity contribution in [2.24, 2.45) is 28.3 Å². The molecular weight excluding hydrogens is 410 g/mol. The largest absolute Gasteiger partial charge is 0.411 e. The van der Waals surface area contributed by atoms with Crippen molar-refractivity contribution in [2.45, 2.75) is 64.7 Å². The van der Waals surface area contributed by atoms with Gasteiger partial charge in [0.15, 0.2) is 5.82 Å². The van der Waals surface area contributed by atoms with E-state index in [0.717, 1.165) is 61.0 Å². The zero-order valence-electron chi connectivity index (χ0n) is 18.4. The number of rotatable bonds is 5.